The molecular formula is C11H16F2O. The Hall–Kier alpha value is -0.730. The van der Waals surface area contributed by atoms with Gasteiger partial charge in [0.15, 0.2) is 5.78 Å². The number of allylic oxidation sites excluding steroid dienone is 2. The van der Waals surface area contributed by atoms with Crippen LogP contribution >= 0.6 is 0 Å². The van der Waals surface area contributed by atoms with Gasteiger partial charge in [0.25, 0.3) is 5.92 Å². The van der Waals surface area contributed by atoms with E-state index in [0.29, 0.717) is 12.0 Å². The molecule has 0 amide bonds. The summed E-state index contributed by atoms with van der Waals surface area (Å²) in [5.41, 5.74) is 0.602. The Balaban J connectivity index is 2.69. The van der Waals surface area contributed by atoms with Crippen LogP contribution in [0.3, 0.4) is 0 Å². The molecule has 0 heterocycles. The lowest BCUT2D eigenvalue weighted by Crippen LogP contribution is -2.30. The van der Waals surface area contributed by atoms with Crippen LogP contribution in [0.4, 0.5) is 8.78 Å². The predicted octanol–water partition coefficient (Wildman–Crippen LogP) is 3.35. The van der Waals surface area contributed by atoms with Crippen LogP contribution in [0.25, 0.3) is 0 Å². The molecule has 0 aliphatic heterocycles. The van der Waals surface area contributed by atoms with E-state index in [2.05, 4.69) is 0 Å². The van der Waals surface area contributed by atoms with Crippen molar-refractivity contribution in [3.05, 3.63) is 11.6 Å². The molecule has 14 heavy (non-hydrogen) atoms. The molecule has 1 rings (SSSR count). The average molecular weight is 202 g/mol. The lowest BCUT2D eigenvalue weighted by Gasteiger charge is -2.21. The normalized spacial score (nSPS) is 20.1. The zero-order chi connectivity index (χ0) is 10.8. The van der Waals surface area contributed by atoms with Crippen LogP contribution in [0.2, 0.25) is 0 Å². The van der Waals surface area contributed by atoms with Crippen LogP contribution in [-0.2, 0) is 4.79 Å². The summed E-state index contributed by atoms with van der Waals surface area (Å²) in [5.74, 6) is -4.47. The van der Waals surface area contributed by atoms with Crippen molar-refractivity contribution in [3.8, 4) is 0 Å². The smallest absolute Gasteiger partial charge is 0.255 e. The van der Waals surface area contributed by atoms with Crippen molar-refractivity contribution in [2.24, 2.45) is 5.92 Å². The van der Waals surface area contributed by atoms with E-state index in [1.807, 2.05) is 6.08 Å². The molecule has 1 unspecified atom stereocenters. The second kappa shape index (κ2) is 4.20. The van der Waals surface area contributed by atoms with Crippen molar-refractivity contribution in [3.63, 3.8) is 0 Å². The summed E-state index contributed by atoms with van der Waals surface area (Å²) >= 11 is 0. The fourth-order valence-corrected chi connectivity index (χ4v) is 1.57. The van der Waals surface area contributed by atoms with Gasteiger partial charge in [0.1, 0.15) is 0 Å². The quantitative estimate of drug-likeness (QED) is 0.686. The fourth-order valence-electron chi connectivity index (χ4n) is 1.57. The first-order valence-electron chi connectivity index (χ1n) is 5.04. The number of hydrogen-bond acceptors (Lipinski definition) is 1. The Kier molecular flexibility index (Phi) is 3.40. The van der Waals surface area contributed by atoms with Gasteiger partial charge in [0.2, 0.25) is 0 Å². The molecule has 3 heteroatoms. The second-order valence-electron chi connectivity index (χ2n) is 4.02. The summed E-state index contributed by atoms with van der Waals surface area (Å²) in [6.45, 7) is 2.11. The number of hydrogen-bond donors (Lipinski definition) is 0. The van der Waals surface area contributed by atoms with Crippen molar-refractivity contribution in [1.82, 2.24) is 0 Å². The maximum atomic E-state index is 12.9. The van der Waals surface area contributed by atoms with Crippen LogP contribution < -0.4 is 0 Å². The standard InChI is InChI=1S/C11H16F2O/c1-8(11(2,12)13)10(14)9-6-4-3-5-7-9/h6,8H,3-5,7H2,1-2H3. The summed E-state index contributed by atoms with van der Waals surface area (Å²) in [4.78, 5) is 11.6. The predicted molar refractivity (Wildman–Crippen MR) is 51.3 cm³/mol. The Morgan fingerprint density at radius 3 is 2.57 bits per heavy atom. The van der Waals surface area contributed by atoms with E-state index in [0.717, 1.165) is 26.2 Å². The van der Waals surface area contributed by atoms with Crippen LogP contribution in [0.5, 0.6) is 0 Å². The van der Waals surface area contributed by atoms with E-state index in [4.69, 9.17) is 0 Å². The summed E-state index contributed by atoms with van der Waals surface area (Å²) in [6, 6.07) is 0. The van der Waals surface area contributed by atoms with Gasteiger partial charge in [-0.05, 0) is 38.2 Å². The Bertz CT molecular complexity index is 251. The van der Waals surface area contributed by atoms with Gasteiger partial charge in [-0.25, -0.2) is 8.78 Å². The first-order chi connectivity index (χ1) is 6.43. The number of carbonyl (C=O) groups is 1. The van der Waals surface area contributed by atoms with Gasteiger partial charge < -0.3 is 0 Å². The first kappa shape index (κ1) is 11.3. The number of ketones is 1. The molecule has 0 saturated heterocycles. The molecule has 80 valence electrons. The number of carbonyl (C=O) groups excluding carboxylic acids is 1. The van der Waals surface area contributed by atoms with Gasteiger partial charge in [0.05, 0.1) is 5.92 Å². The third-order valence-electron chi connectivity index (χ3n) is 2.76. The summed E-state index contributed by atoms with van der Waals surface area (Å²) in [7, 11) is 0. The monoisotopic (exact) mass is 202 g/mol. The van der Waals surface area contributed by atoms with Crippen LogP contribution in [0, 0.1) is 5.92 Å². The molecule has 0 aromatic carbocycles. The summed E-state index contributed by atoms with van der Waals surface area (Å²) in [5, 5.41) is 0. The van der Waals surface area contributed by atoms with Gasteiger partial charge in [-0.3, -0.25) is 4.79 Å². The molecule has 0 radical (unpaired) electrons. The van der Waals surface area contributed by atoms with Gasteiger partial charge >= 0.3 is 0 Å². The van der Waals surface area contributed by atoms with Crippen molar-refractivity contribution < 1.29 is 13.6 Å². The highest BCUT2D eigenvalue weighted by Gasteiger charge is 2.36. The van der Waals surface area contributed by atoms with Gasteiger partial charge in [-0.2, -0.15) is 0 Å². The third kappa shape index (κ3) is 2.63. The van der Waals surface area contributed by atoms with Gasteiger partial charge in [0, 0.05) is 6.92 Å². The maximum Gasteiger partial charge on any atom is 0.255 e. The molecule has 0 spiro atoms. The van der Waals surface area contributed by atoms with E-state index in [9.17, 15) is 13.6 Å². The van der Waals surface area contributed by atoms with E-state index < -0.39 is 11.8 Å². The molecule has 1 aliphatic carbocycles. The van der Waals surface area contributed by atoms with Gasteiger partial charge in [-0.1, -0.05) is 6.08 Å². The molecule has 0 bridgehead atoms. The lowest BCUT2D eigenvalue weighted by molar-refractivity contribution is -0.130. The Morgan fingerprint density at radius 1 is 1.50 bits per heavy atom. The van der Waals surface area contributed by atoms with E-state index in [1.54, 1.807) is 0 Å². The highest BCUT2D eigenvalue weighted by atomic mass is 19.3. The topological polar surface area (TPSA) is 17.1 Å². The van der Waals surface area contributed by atoms with Crippen molar-refractivity contribution in [2.45, 2.75) is 45.5 Å². The third-order valence-corrected chi connectivity index (χ3v) is 2.76. The minimum Gasteiger partial charge on any atom is -0.294 e. The first-order valence-corrected chi connectivity index (χ1v) is 5.04. The molecule has 0 aromatic heterocycles. The van der Waals surface area contributed by atoms with E-state index >= 15 is 0 Å². The zero-order valence-electron chi connectivity index (χ0n) is 8.65. The number of Topliss-reactive ketones (excluding diaryl/α,β-unsaturated/α-hetero) is 1. The second-order valence-corrected chi connectivity index (χ2v) is 4.02. The molecule has 1 nitrogen and oxygen atoms in total. The number of alkyl halides is 2. The molecule has 1 atom stereocenters. The van der Waals surface area contributed by atoms with Gasteiger partial charge in [-0.15, -0.1) is 0 Å². The summed E-state index contributed by atoms with van der Waals surface area (Å²) in [6.07, 6.45) is 5.34. The number of rotatable bonds is 3. The van der Waals surface area contributed by atoms with Crippen molar-refractivity contribution >= 4 is 5.78 Å². The highest BCUT2D eigenvalue weighted by molar-refractivity contribution is 5.97. The molecular weight excluding hydrogens is 186 g/mol. The molecule has 0 aromatic rings. The van der Waals surface area contributed by atoms with Crippen LogP contribution in [-0.4, -0.2) is 11.7 Å². The van der Waals surface area contributed by atoms with Crippen LogP contribution in [0.1, 0.15) is 39.5 Å². The molecule has 0 fully saturated rings. The van der Waals surface area contributed by atoms with Crippen molar-refractivity contribution in [1.29, 1.82) is 0 Å². The largest absolute Gasteiger partial charge is 0.294 e. The minimum atomic E-state index is -2.91. The fraction of sp³-hybridized carbons (Fsp3) is 0.727. The number of halogens is 2. The van der Waals surface area contributed by atoms with E-state index in [-0.39, 0.29) is 5.78 Å². The highest BCUT2D eigenvalue weighted by Crippen LogP contribution is 2.29. The molecule has 0 saturated carbocycles. The SMILES string of the molecule is CC(C(=O)C1=CCCCC1)C(C)(F)F. The Labute approximate surface area is 83.2 Å². The maximum absolute atomic E-state index is 12.9. The van der Waals surface area contributed by atoms with Crippen molar-refractivity contribution in [2.75, 3.05) is 0 Å². The Morgan fingerprint density at radius 2 is 2.14 bits per heavy atom. The van der Waals surface area contributed by atoms with Crippen LogP contribution in [0.15, 0.2) is 11.6 Å². The minimum absolute atomic E-state index is 0.378. The molecule has 0 N–H and O–H groups in total. The zero-order valence-corrected chi connectivity index (χ0v) is 8.65. The van der Waals surface area contributed by atoms with E-state index in [1.165, 1.54) is 6.92 Å². The summed E-state index contributed by atoms with van der Waals surface area (Å²) < 4.78 is 25.7. The average Bonchev–Trinajstić information content (AvgIpc) is 2.15. The molecule has 1 aliphatic rings. The lowest BCUT2D eigenvalue weighted by atomic mass is 9.88.